The highest BCUT2D eigenvalue weighted by atomic mass is 16.6. The zero-order valence-corrected chi connectivity index (χ0v) is 17.4. The van der Waals surface area contributed by atoms with E-state index in [9.17, 15) is 14.7 Å². The molecule has 3 N–H and O–H groups in total. The number of hydrogen-bond donors (Lipinski definition) is 3. The van der Waals surface area contributed by atoms with Gasteiger partial charge in [-0.3, -0.25) is 4.79 Å². The molecule has 0 fully saturated rings. The van der Waals surface area contributed by atoms with Gasteiger partial charge in [0, 0.05) is 5.69 Å². The summed E-state index contributed by atoms with van der Waals surface area (Å²) in [6.07, 6.45) is 5.13. The number of alkyl carbamates (subject to hydrolysis) is 1. The predicted octanol–water partition coefficient (Wildman–Crippen LogP) is 3.86. The van der Waals surface area contributed by atoms with E-state index in [1.807, 2.05) is 0 Å². The lowest BCUT2D eigenvalue weighted by Gasteiger charge is -2.22. The van der Waals surface area contributed by atoms with Gasteiger partial charge in [0.25, 0.3) is 0 Å². The van der Waals surface area contributed by atoms with E-state index in [4.69, 9.17) is 9.47 Å². The standard InChI is InChI=1S/C21H34N2O5/c1-5-6-7-8-9-14-27-17-12-10-16(11-13-17)22-19(25)18(15-24)23-20(26)28-21(2,3)4/h10-13,18,24H,5-9,14-15H2,1-4H3,(H,22,25)(H,23,26)/t18-/m0/s1. The molecule has 0 heterocycles. The first-order valence-electron chi connectivity index (χ1n) is 9.89. The Balaban J connectivity index is 2.44. The molecule has 0 aromatic heterocycles. The largest absolute Gasteiger partial charge is 0.494 e. The van der Waals surface area contributed by atoms with Crippen molar-refractivity contribution in [2.45, 2.75) is 71.4 Å². The SMILES string of the molecule is CCCCCCCOc1ccc(NC(=O)[C@H](CO)NC(=O)OC(C)(C)C)cc1. The number of ether oxygens (including phenoxy) is 2. The molecule has 0 bridgehead atoms. The molecule has 1 atom stereocenters. The normalized spacial score (nSPS) is 12.2. The van der Waals surface area contributed by atoms with Gasteiger partial charge in [0.1, 0.15) is 17.4 Å². The summed E-state index contributed by atoms with van der Waals surface area (Å²) >= 11 is 0. The monoisotopic (exact) mass is 394 g/mol. The van der Waals surface area contributed by atoms with Gasteiger partial charge >= 0.3 is 6.09 Å². The maximum absolute atomic E-state index is 12.3. The van der Waals surface area contributed by atoms with E-state index in [0.717, 1.165) is 18.6 Å². The van der Waals surface area contributed by atoms with Gasteiger partial charge in [-0.05, 0) is 51.5 Å². The molecule has 7 heteroatoms. The minimum absolute atomic E-state index is 0.530. The van der Waals surface area contributed by atoms with Crippen molar-refractivity contribution in [1.29, 1.82) is 0 Å². The Hall–Kier alpha value is -2.28. The Morgan fingerprint density at radius 1 is 1.07 bits per heavy atom. The average Bonchev–Trinajstić information content (AvgIpc) is 2.62. The molecule has 0 spiro atoms. The Morgan fingerprint density at radius 2 is 1.71 bits per heavy atom. The van der Waals surface area contributed by atoms with Gasteiger partial charge in [-0.2, -0.15) is 0 Å². The summed E-state index contributed by atoms with van der Waals surface area (Å²) in [4.78, 5) is 24.0. The van der Waals surface area contributed by atoms with E-state index in [2.05, 4.69) is 17.6 Å². The molecule has 158 valence electrons. The lowest BCUT2D eigenvalue weighted by Crippen LogP contribution is -2.47. The van der Waals surface area contributed by atoms with Crippen LogP contribution in [0, 0.1) is 0 Å². The van der Waals surface area contributed by atoms with E-state index in [0.29, 0.717) is 12.3 Å². The number of rotatable bonds is 11. The van der Waals surface area contributed by atoms with Crippen molar-refractivity contribution in [3.05, 3.63) is 24.3 Å². The van der Waals surface area contributed by atoms with Crippen molar-refractivity contribution < 1.29 is 24.2 Å². The minimum Gasteiger partial charge on any atom is -0.494 e. The molecule has 7 nitrogen and oxygen atoms in total. The molecule has 1 aromatic carbocycles. The van der Waals surface area contributed by atoms with E-state index in [1.54, 1.807) is 45.0 Å². The molecule has 0 unspecified atom stereocenters. The number of hydrogen-bond acceptors (Lipinski definition) is 5. The Kier molecular flexibility index (Phi) is 10.4. The smallest absolute Gasteiger partial charge is 0.408 e. The number of anilines is 1. The first kappa shape index (κ1) is 23.8. The summed E-state index contributed by atoms with van der Waals surface area (Å²) in [6.45, 7) is 7.47. The van der Waals surface area contributed by atoms with Gasteiger partial charge in [-0.25, -0.2) is 4.79 Å². The minimum atomic E-state index is -1.10. The zero-order chi connectivity index (χ0) is 21.0. The van der Waals surface area contributed by atoms with Crippen LogP contribution in [0.1, 0.15) is 59.8 Å². The number of carbonyl (C=O) groups is 2. The lowest BCUT2D eigenvalue weighted by atomic mass is 10.2. The Labute approximate surface area is 167 Å². The highest BCUT2D eigenvalue weighted by Crippen LogP contribution is 2.16. The van der Waals surface area contributed by atoms with Crippen LogP contribution in [0.3, 0.4) is 0 Å². The summed E-state index contributed by atoms with van der Waals surface area (Å²) in [5, 5.41) is 14.4. The van der Waals surface area contributed by atoms with Crippen LogP contribution in [0.25, 0.3) is 0 Å². The summed E-state index contributed by atoms with van der Waals surface area (Å²) in [7, 11) is 0. The van der Waals surface area contributed by atoms with E-state index >= 15 is 0 Å². The zero-order valence-electron chi connectivity index (χ0n) is 17.4. The predicted molar refractivity (Wildman–Crippen MR) is 110 cm³/mol. The number of unbranched alkanes of at least 4 members (excludes halogenated alkanes) is 4. The molecule has 0 aliphatic carbocycles. The first-order chi connectivity index (χ1) is 13.2. The molecule has 0 aliphatic heterocycles. The van der Waals surface area contributed by atoms with Gasteiger partial charge in [0.15, 0.2) is 0 Å². The Bertz CT molecular complexity index is 596. The maximum Gasteiger partial charge on any atom is 0.408 e. The van der Waals surface area contributed by atoms with Gasteiger partial charge in [0.05, 0.1) is 13.2 Å². The third-order valence-corrected chi connectivity index (χ3v) is 3.83. The molecule has 1 aromatic rings. The lowest BCUT2D eigenvalue weighted by molar-refractivity contribution is -0.119. The molecule has 0 saturated carbocycles. The van der Waals surface area contributed by atoms with Crippen LogP contribution >= 0.6 is 0 Å². The van der Waals surface area contributed by atoms with Gasteiger partial charge in [-0.15, -0.1) is 0 Å². The van der Waals surface area contributed by atoms with Crippen LogP contribution in [0.15, 0.2) is 24.3 Å². The number of aliphatic hydroxyl groups is 1. The summed E-state index contributed by atoms with van der Waals surface area (Å²) in [5.41, 5.74) is -0.142. The Morgan fingerprint density at radius 3 is 2.29 bits per heavy atom. The fourth-order valence-corrected chi connectivity index (χ4v) is 2.40. The topological polar surface area (TPSA) is 96.9 Å². The maximum atomic E-state index is 12.3. The van der Waals surface area contributed by atoms with Crippen LogP contribution in [0.2, 0.25) is 0 Å². The van der Waals surface area contributed by atoms with Crippen LogP contribution in [-0.4, -0.2) is 42.0 Å². The molecule has 1 rings (SSSR count). The quantitative estimate of drug-likeness (QED) is 0.495. The molecule has 0 aliphatic rings. The van der Waals surface area contributed by atoms with E-state index in [1.165, 1.54) is 19.3 Å². The second-order valence-electron chi connectivity index (χ2n) is 7.66. The number of aliphatic hydroxyl groups excluding tert-OH is 1. The van der Waals surface area contributed by atoms with Crippen molar-refractivity contribution in [1.82, 2.24) is 5.32 Å². The van der Waals surface area contributed by atoms with Gasteiger partial charge in [-0.1, -0.05) is 32.6 Å². The fraction of sp³-hybridized carbons (Fsp3) is 0.619. The van der Waals surface area contributed by atoms with Crippen molar-refractivity contribution >= 4 is 17.7 Å². The second-order valence-corrected chi connectivity index (χ2v) is 7.66. The van der Waals surface area contributed by atoms with Crippen molar-refractivity contribution in [2.24, 2.45) is 0 Å². The highest BCUT2D eigenvalue weighted by molar-refractivity contribution is 5.96. The van der Waals surface area contributed by atoms with Crippen molar-refractivity contribution in [3.63, 3.8) is 0 Å². The second kappa shape index (κ2) is 12.2. The number of nitrogens with one attached hydrogen (secondary N) is 2. The highest BCUT2D eigenvalue weighted by Gasteiger charge is 2.23. The van der Waals surface area contributed by atoms with Crippen LogP contribution in [-0.2, 0) is 9.53 Å². The first-order valence-corrected chi connectivity index (χ1v) is 9.89. The van der Waals surface area contributed by atoms with Crippen molar-refractivity contribution in [3.8, 4) is 5.75 Å². The van der Waals surface area contributed by atoms with Gasteiger partial charge in [0.2, 0.25) is 5.91 Å². The number of carbonyl (C=O) groups excluding carboxylic acids is 2. The number of amides is 2. The van der Waals surface area contributed by atoms with Crippen LogP contribution < -0.4 is 15.4 Å². The third-order valence-electron chi connectivity index (χ3n) is 3.83. The molecule has 28 heavy (non-hydrogen) atoms. The van der Waals surface area contributed by atoms with Gasteiger partial charge < -0.3 is 25.2 Å². The molecule has 2 amide bonds. The fourth-order valence-electron chi connectivity index (χ4n) is 2.40. The van der Waals surface area contributed by atoms with Crippen LogP contribution in [0.5, 0.6) is 5.75 Å². The molecular formula is C21H34N2O5. The average molecular weight is 395 g/mol. The number of benzene rings is 1. The van der Waals surface area contributed by atoms with E-state index in [-0.39, 0.29) is 0 Å². The summed E-state index contributed by atoms with van der Waals surface area (Å²) in [5.74, 6) is 0.206. The molecule has 0 saturated heterocycles. The van der Waals surface area contributed by atoms with E-state index < -0.39 is 30.3 Å². The molecular weight excluding hydrogens is 360 g/mol. The summed E-state index contributed by atoms with van der Waals surface area (Å²) < 4.78 is 10.8. The van der Waals surface area contributed by atoms with Crippen molar-refractivity contribution in [2.75, 3.05) is 18.5 Å². The third kappa shape index (κ3) is 10.2. The summed E-state index contributed by atoms with van der Waals surface area (Å²) in [6, 6.07) is 5.88. The van der Waals surface area contributed by atoms with Crippen LogP contribution in [0.4, 0.5) is 10.5 Å². The molecule has 0 radical (unpaired) electrons.